The summed E-state index contributed by atoms with van der Waals surface area (Å²) in [7, 11) is 0. The molecular formula is C17H24N4O. The zero-order valence-electron chi connectivity index (χ0n) is 13.4. The molecule has 3 N–H and O–H groups in total. The van der Waals surface area contributed by atoms with Crippen molar-refractivity contribution < 1.29 is 4.74 Å². The van der Waals surface area contributed by atoms with E-state index in [1.165, 1.54) is 16.6 Å². The second-order valence-corrected chi connectivity index (χ2v) is 5.86. The van der Waals surface area contributed by atoms with Gasteiger partial charge in [-0.3, -0.25) is 9.89 Å². The molecule has 0 spiro atoms. The average molecular weight is 300 g/mol. The van der Waals surface area contributed by atoms with Gasteiger partial charge in [0.05, 0.1) is 19.8 Å². The number of aromatic nitrogens is 1. The van der Waals surface area contributed by atoms with E-state index in [-0.39, 0.29) is 0 Å². The van der Waals surface area contributed by atoms with Crippen LogP contribution in [0.25, 0.3) is 10.9 Å². The number of aliphatic imine (C=N–C) groups is 1. The lowest BCUT2D eigenvalue weighted by Gasteiger charge is -2.25. The number of aromatic amines is 1. The molecule has 22 heavy (non-hydrogen) atoms. The summed E-state index contributed by atoms with van der Waals surface area (Å²) in [6, 6.07) is 6.24. The summed E-state index contributed by atoms with van der Waals surface area (Å²) in [5.74, 6) is 0.619. The van der Waals surface area contributed by atoms with Crippen molar-refractivity contribution in [2.45, 2.75) is 13.8 Å². The number of fused-ring (bicyclic) bond motifs is 1. The lowest BCUT2D eigenvalue weighted by molar-refractivity contribution is 0.0394. The molecular weight excluding hydrogens is 276 g/mol. The largest absolute Gasteiger partial charge is 0.384 e. The molecule has 1 saturated heterocycles. The average Bonchev–Trinajstić information content (AvgIpc) is 2.83. The number of amidine groups is 1. The quantitative estimate of drug-likeness (QED) is 0.668. The van der Waals surface area contributed by atoms with Crippen LogP contribution in [-0.2, 0) is 4.74 Å². The maximum atomic E-state index is 6.16. The number of morpholine rings is 1. The Labute approximate surface area is 131 Å². The molecule has 0 bridgehead atoms. The van der Waals surface area contributed by atoms with E-state index in [9.17, 15) is 0 Å². The maximum Gasteiger partial charge on any atom is 0.125 e. The van der Waals surface area contributed by atoms with Crippen LogP contribution in [0.2, 0.25) is 0 Å². The van der Waals surface area contributed by atoms with Gasteiger partial charge in [0.2, 0.25) is 0 Å². The van der Waals surface area contributed by atoms with E-state index in [2.05, 4.69) is 40.9 Å². The molecule has 118 valence electrons. The number of nitrogens with two attached hydrogens (primary N) is 1. The van der Waals surface area contributed by atoms with Gasteiger partial charge in [0.25, 0.3) is 0 Å². The van der Waals surface area contributed by atoms with Crippen molar-refractivity contribution in [2.24, 2.45) is 10.7 Å². The lowest BCUT2D eigenvalue weighted by atomic mass is 10.1. The molecule has 0 aliphatic carbocycles. The Morgan fingerprint density at radius 3 is 2.86 bits per heavy atom. The van der Waals surface area contributed by atoms with Gasteiger partial charge in [-0.05, 0) is 37.6 Å². The van der Waals surface area contributed by atoms with Gasteiger partial charge in [0, 0.05) is 41.8 Å². The van der Waals surface area contributed by atoms with Gasteiger partial charge < -0.3 is 15.5 Å². The van der Waals surface area contributed by atoms with Crippen LogP contribution in [0.15, 0.2) is 23.2 Å². The molecule has 1 aliphatic heterocycles. The minimum absolute atomic E-state index is 0.619. The normalized spacial score (nSPS) is 17.3. The van der Waals surface area contributed by atoms with Gasteiger partial charge in [0.1, 0.15) is 5.84 Å². The molecule has 3 rings (SSSR count). The van der Waals surface area contributed by atoms with Crippen LogP contribution in [-0.4, -0.2) is 55.1 Å². The van der Waals surface area contributed by atoms with Crippen LogP contribution in [0.1, 0.15) is 16.8 Å². The number of hydrogen-bond donors (Lipinski definition) is 2. The molecule has 5 heteroatoms. The molecule has 1 aromatic heterocycles. The first-order valence-corrected chi connectivity index (χ1v) is 7.84. The summed E-state index contributed by atoms with van der Waals surface area (Å²) in [6.45, 7) is 9.51. The molecule has 2 aromatic rings. The number of H-pyrrole nitrogens is 1. The number of benzene rings is 1. The van der Waals surface area contributed by atoms with Crippen LogP contribution in [0.4, 0.5) is 0 Å². The first-order valence-electron chi connectivity index (χ1n) is 7.84. The Morgan fingerprint density at radius 1 is 1.32 bits per heavy atom. The third kappa shape index (κ3) is 3.15. The van der Waals surface area contributed by atoms with E-state index in [4.69, 9.17) is 10.5 Å². The monoisotopic (exact) mass is 300 g/mol. The molecule has 5 nitrogen and oxygen atoms in total. The van der Waals surface area contributed by atoms with Crippen LogP contribution in [0.5, 0.6) is 0 Å². The summed E-state index contributed by atoms with van der Waals surface area (Å²) >= 11 is 0. The van der Waals surface area contributed by atoms with E-state index < -0.39 is 0 Å². The van der Waals surface area contributed by atoms with Crippen LogP contribution in [0.3, 0.4) is 0 Å². The maximum absolute atomic E-state index is 6.16. The third-order valence-electron chi connectivity index (χ3n) is 4.41. The fraction of sp³-hybridized carbons (Fsp3) is 0.471. The molecule has 0 saturated carbocycles. The number of nitrogens with zero attached hydrogens (tertiary/aromatic N) is 2. The van der Waals surface area contributed by atoms with Gasteiger partial charge in [-0.1, -0.05) is 0 Å². The fourth-order valence-electron chi connectivity index (χ4n) is 2.85. The second-order valence-electron chi connectivity index (χ2n) is 5.86. The first-order chi connectivity index (χ1) is 10.6. The lowest BCUT2D eigenvalue weighted by Crippen LogP contribution is -2.38. The van der Waals surface area contributed by atoms with E-state index in [1.54, 1.807) is 0 Å². The first kappa shape index (κ1) is 15.1. The van der Waals surface area contributed by atoms with E-state index in [0.717, 1.165) is 50.5 Å². The topological polar surface area (TPSA) is 66.6 Å². The number of aryl methyl sites for hydroxylation is 2. The highest BCUT2D eigenvalue weighted by atomic mass is 16.5. The van der Waals surface area contributed by atoms with Crippen molar-refractivity contribution in [3.8, 4) is 0 Å². The second kappa shape index (κ2) is 6.50. The Morgan fingerprint density at radius 2 is 2.09 bits per heavy atom. The summed E-state index contributed by atoms with van der Waals surface area (Å²) < 4.78 is 5.35. The van der Waals surface area contributed by atoms with Crippen molar-refractivity contribution in [1.82, 2.24) is 9.88 Å². The smallest absolute Gasteiger partial charge is 0.125 e. The predicted molar refractivity (Wildman–Crippen MR) is 90.6 cm³/mol. The van der Waals surface area contributed by atoms with Crippen LogP contribution in [0, 0.1) is 13.8 Å². The molecule has 2 heterocycles. The molecule has 0 unspecified atom stereocenters. The summed E-state index contributed by atoms with van der Waals surface area (Å²) in [5, 5.41) is 1.22. The molecule has 0 atom stereocenters. The Balaban J connectivity index is 1.69. The predicted octanol–water partition coefficient (Wildman–Crippen LogP) is 1.82. The van der Waals surface area contributed by atoms with Crippen molar-refractivity contribution in [1.29, 1.82) is 0 Å². The zero-order valence-corrected chi connectivity index (χ0v) is 13.4. The Kier molecular flexibility index (Phi) is 4.45. The van der Waals surface area contributed by atoms with Crippen LogP contribution >= 0.6 is 0 Å². The SMILES string of the molecule is Cc1[nH]c2ccc(C(N)=NCCN3CCOCC3)cc2c1C. The molecule has 1 aliphatic rings. The highest BCUT2D eigenvalue weighted by Crippen LogP contribution is 2.22. The summed E-state index contributed by atoms with van der Waals surface area (Å²) in [5.41, 5.74) is 10.8. The van der Waals surface area contributed by atoms with Crippen molar-refractivity contribution in [3.63, 3.8) is 0 Å². The Bertz CT molecular complexity index is 683. The van der Waals surface area contributed by atoms with Crippen molar-refractivity contribution in [3.05, 3.63) is 35.0 Å². The number of ether oxygens (including phenoxy) is 1. The van der Waals surface area contributed by atoms with Gasteiger partial charge in [0.15, 0.2) is 0 Å². The number of rotatable bonds is 4. The van der Waals surface area contributed by atoms with E-state index in [1.807, 2.05) is 6.07 Å². The minimum atomic E-state index is 0.619. The fourth-order valence-corrected chi connectivity index (χ4v) is 2.85. The van der Waals surface area contributed by atoms with Gasteiger partial charge in [-0.15, -0.1) is 0 Å². The summed E-state index contributed by atoms with van der Waals surface area (Å²) in [6.07, 6.45) is 0. The standard InChI is InChI=1S/C17H24N4O/c1-12-13(2)20-16-4-3-14(11-15(12)16)17(18)19-5-6-21-7-9-22-10-8-21/h3-4,11,20H,5-10H2,1-2H3,(H2,18,19). The highest BCUT2D eigenvalue weighted by molar-refractivity contribution is 6.01. The molecule has 1 aromatic carbocycles. The van der Waals surface area contributed by atoms with E-state index >= 15 is 0 Å². The van der Waals surface area contributed by atoms with E-state index in [0.29, 0.717) is 5.84 Å². The number of nitrogens with one attached hydrogen (secondary N) is 1. The van der Waals surface area contributed by atoms with Gasteiger partial charge in [-0.25, -0.2) is 0 Å². The van der Waals surface area contributed by atoms with Crippen molar-refractivity contribution in [2.75, 3.05) is 39.4 Å². The van der Waals surface area contributed by atoms with Gasteiger partial charge in [-0.2, -0.15) is 0 Å². The zero-order chi connectivity index (χ0) is 15.5. The number of hydrogen-bond acceptors (Lipinski definition) is 3. The van der Waals surface area contributed by atoms with Crippen LogP contribution < -0.4 is 5.73 Å². The van der Waals surface area contributed by atoms with Crippen molar-refractivity contribution >= 4 is 16.7 Å². The molecule has 1 fully saturated rings. The minimum Gasteiger partial charge on any atom is -0.384 e. The highest BCUT2D eigenvalue weighted by Gasteiger charge is 2.10. The summed E-state index contributed by atoms with van der Waals surface area (Å²) in [4.78, 5) is 10.3. The molecule has 0 amide bonds. The Hall–Kier alpha value is -1.85. The molecule has 0 radical (unpaired) electrons. The van der Waals surface area contributed by atoms with Gasteiger partial charge >= 0.3 is 0 Å². The third-order valence-corrected chi connectivity index (χ3v) is 4.41.